The van der Waals surface area contributed by atoms with Gasteiger partial charge < -0.3 is 15.3 Å². The zero-order chi connectivity index (χ0) is 13.1. The molecule has 0 saturated heterocycles. The van der Waals surface area contributed by atoms with Crippen LogP contribution in [-0.4, -0.2) is 11.7 Å². The van der Waals surface area contributed by atoms with Crippen molar-refractivity contribution >= 4 is 0 Å². The summed E-state index contributed by atoms with van der Waals surface area (Å²) >= 11 is 0. The number of furan rings is 1. The molecule has 0 aliphatic carbocycles. The molecule has 0 spiro atoms. The lowest BCUT2D eigenvalue weighted by molar-refractivity contribution is 0.187. The Bertz CT molecular complexity index is 519. The highest BCUT2D eigenvalue weighted by molar-refractivity contribution is 5.31. The smallest absolute Gasteiger partial charge is 0.137 e. The van der Waals surface area contributed by atoms with E-state index in [1.54, 1.807) is 6.07 Å². The van der Waals surface area contributed by atoms with Crippen LogP contribution in [0.1, 0.15) is 41.6 Å². The van der Waals surface area contributed by atoms with Crippen LogP contribution in [0.3, 0.4) is 0 Å². The van der Waals surface area contributed by atoms with Crippen molar-refractivity contribution in [2.75, 3.05) is 6.54 Å². The molecule has 0 bridgehead atoms. The molecule has 1 aromatic heterocycles. The van der Waals surface area contributed by atoms with Gasteiger partial charge in [0, 0.05) is 0 Å². The minimum Gasteiger partial charge on any atom is -0.463 e. The van der Waals surface area contributed by atoms with Crippen molar-refractivity contribution in [2.45, 2.75) is 25.9 Å². The molecule has 3 nitrogen and oxygen atoms in total. The molecule has 0 saturated carbocycles. The lowest BCUT2D eigenvalue weighted by atomic mass is 9.97. The van der Waals surface area contributed by atoms with Crippen molar-refractivity contribution in [1.82, 2.24) is 0 Å². The summed E-state index contributed by atoms with van der Waals surface area (Å²) in [5.41, 5.74) is 7.64. The Morgan fingerprint density at radius 1 is 1.22 bits per heavy atom. The van der Waals surface area contributed by atoms with Crippen LogP contribution in [0.15, 0.2) is 40.8 Å². The maximum Gasteiger partial charge on any atom is 0.137 e. The minimum atomic E-state index is -0.719. The molecule has 2 atom stereocenters. The van der Waals surface area contributed by atoms with E-state index in [0.717, 1.165) is 16.9 Å². The van der Waals surface area contributed by atoms with Crippen LogP contribution >= 0.6 is 0 Å². The fourth-order valence-electron chi connectivity index (χ4n) is 1.94. The van der Waals surface area contributed by atoms with Crippen LogP contribution in [0.5, 0.6) is 0 Å². The van der Waals surface area contributed by atoms with Crippen LogP contribution in [0.4, 0.5) is 0 Å². The van der Waals surface area contributed by atoms with Gasteiger partial charge in [-0.3, -0.25) is 0 Å². The minimum absolute atomic E-state index is 0.287. The molecule has 0 fully saturated rings. The van der Waals surface area contributed by atoms with Crippen molar-refractivity contribution < 1.29 is 9.52 Å². The molecule has 0 aliphatic heterocycles. The molecule has 2 aromatic rings. The third-order valence-electron chi connectivity index (χ3n) is 3.18. The maximum absolute atomic E-state index is 10.3. The van der Waals surface area contributed by atoms with Crippen molar-refractivity contribution in [3.8, 4) is 0 Å². The predicted molar refractivity (Wildman–Crippen MR) is 71.4 cm³/mol. The van der Waals surface area contributed by atoms with E-state index >= 15 is 0 Å². The summed E-state index contributed by atoms with van der Waals surface area (Å²) in [5, 5.41) is 10.3. The van der Waals surface area contributed by atoms with Gasteiger partial charge in [-0.2, -0.15) is 0 Å². The standard InChI is InChI=1S/C15H19NO2/c1-10(9-16)12-4-3-5-13(8-12)15(17)14-7-6-11(2)18-14/h3-8,10,15,17H,9,16H2,1-2H3. The lowest BCUT2D eigenvalue weighted by Crippen LogP contribution is -2.09. The van der Waals surface area contributed by atoms with Gasteiger partial charge in [0.25, 0.3) is 0 Å². The average molecular weight is 245 g/mol. The predicted octanol–water partition coefficient (Wildman–Crippen LogP) is 2.73. The quantitative estimate of drug-likeness (QED) is 0.870. The number of hydrogen-bond donors (Lipinski definition) is 2. The molecular weight excluding hydrogens is 226 g/mol. The SMILES string of the molecule is Cc1ccc(C(O)c2cccc(C(C)CN)c2)o1. The van der Waals surface area contributed by atoms with Crippen LogP contribution in [0.25, 0.3) is 0 Å². The van der Waals surface area contributed by atoms with E-state index in [0.29, 0.717) is 12.3 Å². The third kappa shape index (κ3) is 2.63. The molecule has 0 radical (unpaired) electrons. The van der Waals surface area contributed by atoms with Crippen LogP contribution in [0, 0.1) is 6.92 Å². The highest BCUT2D eigenvalue weighted by atomic mass is 16.4. The second kappa shape index (κ2) is 5.38. The fraction of sp³-hybridized carbons (Fsp3) is 0.333. The van der Waals surface area contributed by atoms with Crippen molar-refractivity contribution in [3.63, 3.8) is 0 Å². The summed E-state index contributed by atoms with van der Waals surface area (Å²) in [6.45, 7) is 4.53. The molecule has 18 heavy (non-hydrogen) atoms. The first kappa shape index (κ1) is 12.9. The third-order valence-corrected chi connectivity index (χ3v) is 3.18. The van der Waals surface area contributed by atoms with Gasteiger partial charge in [-0.15, -0.1) is 0 Å². The molecule has 0 amide bonds. The summed E-state index contributed by atoms with van der Waals surface area (Å²) in [4.78, 5) is 0. The summed E-state index contributed by atoms with van der Waals surface area (Å²) in [7, 11) is 0. The van der Waals surface area contributed by atoms with Crippen LogP contribution < -0.4 is 5.73 Å². The number of aliphatic hydroxyl groups excluding tert-OH is 1. The number of hydrogen-bond acceptors (Lipinski definition) is 3. The first-order chi connectivity index (χ1) is 8.61. The van der Waals surface area contributed by atoms with Gasteiger partial charge in [-0.1, -0.05) is 31.2 Å². The number of aliphatic hydroxyl groups is 1. The molecule has 3 N–H and O–H groups in total. The van der Waals surface area contributed by atoms with E-state index in [9.17, 15) is 5.11 Å². The van der Waals surface area contributed by atoms with Crippen molar-refractivity contribution in [1.29, 1.82) is 0 Å². The second-order valence-corrected chi connectivity index (χ2v) is 4.66. The molecule has 2 rings (SSSR count). The van der Waals surface area contributed by atoms with Gasteiger partial charge in [0.15, 0.2) is 0 Å². The van der Waals surface area contributed by atoms with Crippen molar-refractivity contribution in [2.24, 2.45) is 5.73 Å². The van der Waals surface area contributed by atoms with Gasteiger partial charge >= 0.3 is 0 Å². The Morgan fingerprint density at radius 3 is 2.56 bits per heavy atom. The Balaban J connectivity index is 2.28. The highest BCUT2D eigenvalue weighted by Crippen LogP contribution is 2.26. The van der Waals surface area contributed by atoms with E-state index < -0.39 is 6.10 Å². The van der Waals surface area contributed by atoms with Gasteiger partial charge in [0.05, 0.1) is 0 Å². The summed E-state index contributed by atoms with van der Waals surface area (Å²) < 4.78 is 5.45. The van der Waals surface area contributed by atoms with E-state index in [1.165, 1.54) is 0 Å². The normalized spacial score (nSPS) is 14.4. The molecule has 3 heteroatoms. The van der Waals surface area contributed by atoms with E-state index in [-0.39, 0.29) is 5.92 Å². The first-order valence-electron chi connectivity index (χ1n) is 6.16. The Labute approximate surface area is 107 Å². The molecular formula is C15H19NO2. The Hall–Kier alpha value is -1.58. The molecule has 2 unspecified atom stereocenters. The zero-order valence-corrected chi connectivity index (χ0v) is 10.8. The van der Waals surface area contributed by atoms with Gasteiger partial charge in [0.2, 0.25) is 0 Å². The van der Waals surface area contributed by atoms with E-state index in [4.69, 9.17) is 10.2 Å². The number of benzene rings is 1. The highest BCUT2D eigenvalue weighted by Gasteiger charge is 2.15. The van der Waals surface area contributed by atoms with Gasteiger partial charge in [-0.05, 0) is 42.6 Å². The summed E-state index contributed by atoms with van der Waals surface area (Å²) in [5.74, 6) is 1.66. The average Bonchev–Trinajstić information content (AvgIpc) is 2.83. The molecule has 1 heterocycles. The molecule has 0 aliphatic rings. The van der Waals surface area contributed by atoms with E-state index in [1.807, 2.05) is 37.3 Å². The summed E-state index contributed by atoms with van der Waals surface area (Å²) in [6, 6.07) is 11.5. The largest absolute Gasteiger partial charge is 0.463 e. The number of rotatable bonds is 4. The second-order valence-electron chi connectivity index (χ2n) is 4.66. The molecule has 1 aromatic carbocycles. The monoisotopic (exact) mass is 245 g/mol. The number of nitrogens with two attached hydrogens (primary N) is 1. The number of aryl methyl sites for hydroxylation is 1. The van der Waals surface area contributed by atoms with Crippen molar-refractivity contribution in [3.05, 3.63) is 59.0 Å². The maximum atomic E-state index is 10.3. The lowest BCUT2D eigenvalue weighted by Gasteiger charge is -2.13. The van der Waals surface area contributed by atoms with E-state index in [2.05, 4.69) is 6.92 Å². The van der Waals surface area contributed by atoms with Gasteiger partial charge in [-0.25, -0.2) is 0 Å². The topological polar surface area (TPSA) is 59.4 Å². The zero-order valence-electron chi connectivity index (χ0n) is 10.8. The van der Waals surface area contributed by atoms with Crippen LogP contribution in [0.2, 0.25) is 0 Å². The fourth-order valence-corrected chi connectivity index (χ4v) is 1.94. The Morgan fingerprint density at radius 2 is 1.94 bits per heavy atom. The molecule has 96 valence electrons. The summed E-state index contributed by atoms with van der Waals surface area (Å²) in [6.07, 6.45) is -0.719. The first-order valence-corrected chi connectivity index (χ1v) is 6.16. The Kier molecular flexibility index (Phi) is 3.84. The van der Waals surface area contributed by atoms with Gasteiger partial charge in [0.1, 0.15) is 17.6 Å². The van der Waals surface area contributed by atoms with Crippen LogP contribution in [-0.2, 0) is 0 Å².